The molecule has 0 spiro atoms. The molecule has 0 aliphatic rings. The fourth-order valence-corrected chi connectivity index (χ4v) is 2.33. The number of aromatic nitrogens is 2. The SMILES string of the molecule is COc1cc(NC(=O)c2ccc(F)cc2)c(OC)c2nccnc12. The van der Waals surface area contributed by atoms with Crippen LogP contribution in [-0.2, 0) is 0 Å². The van der Waals surface area contributed by atoms with Gasteiger partial charge in [0, 0.05) is 24.0 Å². The van der Waals surface area contributed by atoms with Crippen LogP contribution in [0, 0.1) is 5.82 Å². The van der Waals surface area contributed by atoms with Gasteiger partial charge >= 0.3 is 0 Å². The number of rotatable bonds is 4. The maximum Gasteiger partial charge on any atom is 0.255 e. The average Bonchev–Trinajstić information content (AvgIpc) is 2.61. The molecule has 1 amide bonds. The highest BCUT2D eigenvalue weighted by Gasteiger charge is 2.18. The number of carbonyl (C=O) groups is 1. The fourth-order valence-electron chi connectivity index (χ4n) is 2.33. The molecule has 0 fully saturated rings. The molecule has 0 unspecified atom stereocenters. The predicted octanol–water partition coefficient (Wildman–Crippen LogP) is 3.04. The van der Waals surface area contributed by atoms with Crippen LogP contribution >= 0.6 is 0 Å². The Labute approximate surface area is 137 Å². The fraction of sp³-hybridized carbons (Fsp3) is 0.118. The van der Waals surface area contributed by atoms with Crippen molar-refractivity contribution in [2.75, 3.05) is 19.5 Å². The van der Waals surface area contributed by atoms with Gasteiger partial charge in [-0.15, -0.1) is 0 Å². The molecule has 1 N–H and O–H groups in total. The van der Waals surface area contributed by atoms with Crippen LogP contribution in [-0.4, -0.2) is 30.1 Å². The molecule has 0 aliphatic carbocycles. The van der Waals surface area contributed by atoms with Crippen LogP contribution in [0.5, 0.6) is 11.5 Å². The van der Waals surface area contributed by atoms with Crippen LogP contribution in [0.2, 0.25) is 0 Å². The second-order valence-corrected chi connectivity index (χ2v) is 4.87. The third-order valence-corrected chi connectivity index (χ3v) is 3.45. The summed E-state index contributed by atoms with van der Waals surface area (Å²) in [6, 6.07) is 6.85. The lowest BCUT2D eigenvalue weighted by Gasteiger charge is -2.14. The Balaban J connectivity index is 2.05. The van der Waals surface area contributed by atoms with Gasteiger partial charge in [0.25, 0.3) is 5.91 Å². The Kier molecular flexibility index (Phi) is 4.24. The number of anilines is 1. The third-order valence-electron chi connectivity index (χ3n) is 3.45. The van der Waals surface area contributed by atoms with E-state index in [2.05, 4.69) is 15.3 Å². The van der Waals surface area contributed by atoms with Crippen molar-refractivity contribution in [3.05, 3.63) is 54.1 Å². The van der Waals surface area contributed by atoms with Crippen molar-refractivity contribution in [1.29, 1.82) is 0 Å². The lowest BCUT2D eigenvalue weighted by Crippen LogP contribution is -2.13. The van der Waals surface area contributed by atoms with Crippen LogP contribution in [0.1, 0.15) is 10.4 Å². The molecule has 0 aliphatic heterocycles. The number of halogens is 1. The topological polar surface area (TPSA) is 73.3 Å². The summed E-state index contributed by atoms with van der Waals surface area (Å²) in [5.74, 6) is 0.00744. The highest BCUT2D eigenvalue weighted by atomic mass is 19.1. The molecule has 122 valence electrons. The number of ether oxygens (including phenoxy) is 2. The van der Waals surface area contributed by atoms with E-state index in [0.717, 1.165) is 0 Å². The molecule has 2 aromatic carbocycles. The standard InChI is InChI=1S/C17H14FN3O3/c1-23-13-9-12(16(24-2)15-14(13)19-7-8-20-15)21-17(22)10-3-5-11(18)6-4-10/h3-9H,1-2H3,(H,21,22). The average molecular weight is 327 g/mol. The summed E-state index contributed by atoms with van der Waals surface area (Å²) in [4.78, 5) is 20.8. The number of nitrogens with one attached hydrogen (secondary N) is 1. The Hall–Kier alpha value is -3.22. The first-order chi connectivity index (χ1) is 11.6. The van der Waals surface area contributed by atoms with E-state index in [0.29, 0.717) is 33.8 Å². The molecule has 0 saturated carbocycles. The lowest BCUT2D eigenvalue weighted by molar-refractivity contribution is 0.102. The van der Waals surface area contributed by atoms with Crippen molar-refractivity contribution in [2.45, 2.75) is 0 Å². The second-order valence-electron chi connectivity index (χ2n) is 4.87. The third kappa shape index (κ3) is 2.83. The van der Waals surface area contributed by atoms with Crippen LogP contribution in [0.25, 0.3) is 11.0 Å². The van der Waals surface area contributed by atoms with E-state index >= 15 is 0 Å². The number of amides is 1. The van der Waals surface area contributed by atoms with E-state index in [4.69, 9.17) is 9.47 Å². The maximum absolute atomic E-state index is 13.0. The minimum atomic E-state index is -0.410. The Morgan fingerprint density at radius 3 is 2.33 bits per heavy atom. The number of carbonyl (C=O) groups excluding carboxylic acids is 1. The van der Waals surface area contributed by atoms with E-state index in [-0.39, 0.29) is 0 Å². The molecule has 6 nitrogen and oxygen atoms in total. The summed E-state index contributed by atoms with van der Waals surface area (Å²) in [5, 5.41) is 2.73. The van der Waals surface area contributed by atoms with Gasteiger partial charge in [-0.3, -0.25) is 4.79 Å². The first kappa shape index (κ1) is 15.7. The monoisotopic (exact) mass is 327 g/mol. The molecule has 0 saturated heterocycles. The van der Waals surface area contributed by atoms with E-state index in [1.54, 1.807) is 12.3 Å². The molecule has 7 heteroatoms. The maximum atomic E-state index is 13.0. The number of hydrogen-bond donors (Lipinski definition) is 1. The largest absolute Gasteiger partial charge is 0.494 e. The number of benzene rings is 2. The Morgan fingerprint density at radius 2 is 1.71 bits per heavy atom. The molecular weight excluding hydrogens is 313 g/mol. The van der Waals surface area contributed by atoms with Gasteiger partial charge in [-0.1, -0.05) is 0 Å². The molecule has 3 aromatic rings. The zero-order valence-electron chi connectivity index (χ0n) is 13.0. The summed E-state index contributed by atoms with van der Waals surface area (Å²) in [7, 11) is 2.98. The number of fused-ring (bicyclic) bond motifs is 1. The minimum absolute atomic E-state index is 0.316. The quantitative estimate of drug-likeness (QED) is 0.797. The van der Waals surface area contributed by atoms with Crippen molar-refractivity contribution in [3.8, 4) is 11.5 Å². The van der Waals surface area contributed by atoms with Crippen molar-refractivity contribution in [1.82, 2.24) is 9.97 Å². The number of methoxy groups -OCH3 is 2. The van der Waals surface area contributed by atoms with E-state index in [9.17, 15) is 9.18 Å². The Morgan fingerprint density at radius 1 is 1.04 bits per heavy atom. The summed E-state index contributed by atoms with van der Waals surface area (Å²) < 4.78 is 23.7. The van der Waals surface area contributed by atoms with Crippen LogP contribution < -0.4 is 14.8 Å². The zero-order chi connectivity index (χ0) is 17.1. The lowest BCUT2D eigenvalue weighted by atomic mass is 10.2. The van der Waals surface area contributed by atoms with Gasteiger partial charge in [0.15, 0.2) is 5.75 Å². The molecular formula is C17H14FN3O3. The number of nitrogens with zero attached hydrogens (tertiary/aromatic N) is 2. The van der Waals surface area contributed by atoms with Crippen molar-refractivity contribution in [3.63, 3.8) is 0 Å². The van der Waals surface area contributed by atoms with Gasteiger partial charge in [0.1, 0.15) is 22.6 Å². The summed E-state index contributed by atoms with van der Waals surface area (Å²) >= 11 is 0. The van der Waals surface area contributed by atoms with Crippen molar-refractivity contribution >= 4 is 22.6 Å². The zero-order valence-corrected chi connectivity index (χ0v) is 13.0. The van der Waals surface area contributed by atoms with Crippen LogP contribution in [0.15, 0.2) is 42.7 Å². The minimum Gasteiger partial charge on any atom is -0.494 e. The molecule has 0 atom stereocenters. The second kappa shape index (κ2) is 6.49. The molecule has 0 bridgehead atoms. The molecule has 1 aromatic heterocycles. The van der Waals surface area contributed by atoms with E-state index < -0.39 is 11.7 Å². The van der Waals surface area contributed by atoms with Gasteiger partial charge in [-0.2, -0.15) is 0 Å². The summed E-state index contributed by atoms with van der Waals surface area (Å²) in [5.41, 5.74) is 1.69. The first-order valence-corrected chi connectivity index (χ1v) is 7.06. The smallest absolute Gasteiger partial charge is 0.255 e. The van der Waals surface area contributed by atoms with Gasteiger partial charge in [0.05, 0.1) is 19.9 Å². The molecule has 3 rings (SSSR count). The van der Waals surface area contributed by atoms with E-state index in [1.165, 1.54) is 44.7 Å². The van der Waals surface area contributed by atoms with Crippen LogP contribution in [0.4, 0.5) is 10.1 Å². The van der Waals surface area contributed by atoms with Gasteiger partial charge < -0.3 is 14.8 Å². The van der Waals surface area contributed by atoms with Crippen LogP contribution in [0.3, 0.4) is 0 Å². The van der Waals surface area contributed by atoms with Gasteiger partial charge in [0.2, 0.25) is 0 Å². The van der Waals surface area contributed by atoms with E-state index in [1.807, 2.05) is 0 Å². The highest BCUT2D eigenvalue weighted by molar-refractivity contribution is 6.07. The highest BCUT2D eigenvalue weighted by Crippen LogP contribution is 2.37. The van der Waals surface area contributed by atoms with Crippen molar-refractivity contribution < 1.29 is 18.7 Å². The van der Waals surface area contributed by atoms with Gasteiger partial charge in [-0.05, 0) is 24.3 Å². The Bertz CT molecular complexity index is 897. The predicted molar refractivity (Wildman–Crippen MR) is 87.0 cm³/mol. The summed E-state index contributed by atoms with van der Waals surface area (Å²) in [6.07, 6.45) is 3.07. The van der Waals surface area contributed by atoms with Gasteiger partial charge in [-0.25, -0.2) is 14.4 Å². The summed E-state index contributed by atoms with van der Waals surface area (Å²) in [6.45, 7) is 0. The first-order valence-electron chi connectivity index (χ1n) is 7.06. The normalized spacial score (nSPS) is 10.5. The number of hydrogen-bond acceptors (Lipinski definition) is 5. The molecule has 1 heterocycles. The molecule has 24 heavy (non-hydrogen) atoms. The van der Waals surface area contributed by atoms with Crippen molar-refractivity contribution in [2.24, 2.45) is 0 Å². The molecule has 0 radical (unpaired) electrons.